The summed E-state index contributed by atoms with van der Waals surface area (Å²) in [5.74, 6) is 0.00778. The highest BCUT2D eigenvalue weighted by Crippen LogP contribution is 2.36. The molecule has 2 aliphatic heterocycles. The Kier molecular flexibility index (Phi) is 3.03. The van der Waals surface area contributed by atoms with Crippen molar-refractivity contribution in [2.24, 2.45) is 5.41 Å². The lowest BCUT2D eigenvalue weighted by Crippen LogP contribution is -2.52. The van der Waals surface area contributed by atoms with Gasteiger partial charge in [0.1, 0.15) is 0 Å². The first-order chi connectivity index (χ1) is 8.79. The Bertz CT molecular complexity index is 405. The quantitative estimate of drug-likeness (QED) is 0.756. The van der Waals surface area contributed by atoms with Gasteiger partial charge < -0.3 is 10.2 Å². The van der Waals surface area contributed by atoms with Gasteiger partial charge in [0.2, 0.25) is 0 Å². The van der Waals surface area contributed by atoms with Crippen molar-refractivity contribution in [3.63, 3.8) is 0 Å². The number of aromatic nitrogens is 3. The second-order valence-corrected chi connectivity index (χ2v) is 5.47. The fraction of sp³-hybridized carbons (Fsp3) is 0.750. The molecule has 1 unspecified atom stereocenters. The van der Waals surface area contributed by atoms with Gasteiger partial charge in [0.15, 0.2) is 5.69 Å². The second kappa shape index (κ2) is 4.68. The lowest BCUT2D eigenvalue weighted by atomic mass is 9.74. The van der Waals surface area contributed by atoms with E-state index in [0.29, 0.717) is 5.69 Å². The molecule has 2 fully saturated rings. The van der Waals surface area contributed by atoms with E-state index in [1.807, 2.05) is 4.90 Å². The topological polar surface area (TPSA) is 73.9 Å². The molecule has 0 bridgehead atoms. The molecule has 1 aromatic rings. The molecule has 98 valence electrons. The van der Waals surface area contributed by atoms with E-state index < -0.39 is 0 Å². The summed E-state index contributed by atoms with van der Waals surface area (Å²) in [5, 5.41) is 13.6. The van der Waals surface area contributed by atoms with E-state index >= 15 is 0 Å². The molecule has 2 N–H and O–H groups in total. The molecule has 0 aliphatic carbocycles. The van der Waals surface area contributed by atoms with Gasteiger partial charge in [0.05, 0.1) is 6.20 Å². The van der Waals surface area contributed by atoms with Crippen molar-refractivity contribution in [2.45, 2.75) is 25.7 Å². The minimum absolute atomic E-state index is 0.00778. The van der Waals surface area contributed by atoms with Crippen LogP contribution in [0.15, 0.2) is 6.20 Å². The van der Waals surface area contributed by atoms with Crippen LogP contribution in [0.1, 0.15) is 36.2 Å². The highest BCUT2D eigenvalue weighted by Gasteiger charge is 2.38. The van der Waals surface area contributed by atoms with Crippen molar-refractivity contribution in [2.75, 3.05) is 26.2 Å². The Balaban J connectivity index is 1.72. The fourth-order valence-corrected chi connectivity index (χ4v) is 3.23. The van der Waals surface area contributed by atoms with Gasteiger partial charge in [-0.25, -0.2) is 0 Å². The number of hydrogen-bond acceptors (Lipinski definition) is 4. The predicted molar refractivity (Wildman–Crippen MR) is 66.1 cm³/mol. The first-order valence-electron chi connectivity index (χ1n) is 6.65. The minimum atomic E-state index is 0.00778. The molecule has 18 heavy (non-hydrogen) atoms. The number of carbonyl (C=O) groups is 1. The Labute approximate surface area is 106 Å². The van der Waals surface area contributed by atoms with Crippen molar-refractivity contribution in [3.05, 3.63) is 11.9 Å². The van der Waals surface area contributed by atoms with Crippen LogP contribution in [0.25, 0.3) is 0 Å². The first kappa shape index (κ1) is 11.6. The van der Waals surface area contributed by atoms with Crippen molar-refractivity contribution < 1.29 is 4.79 Å². The summed E-state index contributed by atoms with van der Waals surface area (Å²) in [7, 11) is 0. The number of aromatic amines is 1. The molecule has 1 spiro atoms. The van der Waals surface area contributed by atoms with E-state index in [2.05, 4.69) is 20.7 Å². The van der Waals surface area contributed by atoms with Gasteiger partial charge in [-0.3, -0.25) is 4.79 Å². The van der Waals surface area contributed by atoms with Gasteiger partial charge in [-0.2, -0.15) is 15.4 Å². The number of nitrogens with one attached hydrogen (secondary N) is 2. The molecule has 0 saturated carbocycles. The zero-order chi connectivity index (χ0) is 12.4. The van der Waals surface area contributed by atoms with Crippen molar-refractivity contribution >= 4 is 5.91 Å². The van der Waals surface area contributed by atoms with Gasteiger partial charge in [-0.15, -0.1) is 0 Å². The SMILES string of the molecule is O=C(c1cn[nH]n1)N1CCCC2(CCCNC2)C1. The largest absolute Gasteiger partial charge is 0.337 e. The van der Waals surface area contributed by atoms with Crippen LogP contribution in [0.3, 0.4) is 0 Å². The third-order valence-corrected chi connectivity index (χ3v) is 4.14. The van der Waals surface area contributed by atoms with Gasteiger partial charge in [-0.05, 0) is 32.2 Å². The van der Waals surface area contributed by atoms with Crippen LogP contribution in [0.4, 0.5) is 0 Å². The normalized spacial score (nSPS) is 28.6. The van der Waals surface area contributed by atoms with Crippen molar-refractivity contribution in [1.82, 2.24) is 25.6 Å². The molecule has 1 aromatic heterocycles. The molecule has 3 heterocycles. The lowest BCUT2D eigenvalue weighted by Gasteiger charge is -2.45. The molecule has 1 amide bonds. The number of nitrogens with zero attached hydrogens (tertiary/aromatic N) is 3. The molecule has 1 atom stereocenters. The van der Waals surface area contributed by atoms with Crippen LogP contribution in [0.2, 0.25) is 0 Å². The molecule has 0 radical (unpaired) electrons. The van der Waals surface area contributed by atoms with Crippen LogP contribution in [0.5, 0.6) is 0 Å². The molecular weight excluding hydrogens is 230 g/mol. The van der Waals surface area contributed by atoms with Gasteiger partial charge in [-0.1, -0.05) is 0 Å². The summed E-state index contributed by atoms with van der Waals surface area (Å²) in [6, 6.07) is 0. The molecule has 2 aliphatic rings. The van der Waals surface area contributed by atoms with E-state index in [-0.39, 0.29) is 11.3 Å². The molecule has 0 aromatic carbocycles. The predicted octanol–water partition coefficient (Wildman–Crippen LogP) is 0.411. The molecule has 6 nitrogen and oxygen atoms in total. The monoisotopic (exact) mass is 249 g/mol. The second-order valence-electron chi connectivity index (χ2n) is 5.47. The number of rotatable bonds is 1. The van der Waals surface area contributed by atoms with Crippen molar-refractivity contribution in [1.29, 1.82) is 0 Å². The number of amides is 1. The van der Waals surface area contributed by atoms with Gasteiger partial charge in [0.25, 0.3) is 5.91 Å². The highest BCUT2D eigenvalue weighted by atomic mass is 16.2. The summed E-state index contributed by atoms with van der Waals surface area (Å²) in [6.45, 7) is 3.84. The minimum Gasteiger partial charge on any atom is -0.337 e. The van der Waals surface area contributed by atoms with E-state index in [1.165, 1.54) is 25.5 Å². The van der Waals surface area contributed by atoms with Crippen LogP contribution >= 0.6 is 0 Å². The zero-order valence-corrected chi connectivity index (χ0v) is 10.5. The number of hydrogen-bond donors (Lipinski definition) is 2. The maximum Gasteiger partial charge on any atom is 0.276 e. The zero-order valence-electron chi connectivity index (χ0n) is 10.5. The fourth-order valence-electron chi connectivity index (χ4n) is 3.23. The van der Waals surface area contributed by atoms with E-state index in [0.717, 1.165) is 32.6 Å². The maximum absolute atomic E-state index is 12.3. The number of carbonyl (C=O) groups excluding carboxylic acids is 1. The first-order valence-corrected chi connectivity index (χ1v) is 6.65. The van der Waals surface area contributed by atoms with Crippen molar-refractivity contribution in [3.8, 4) is 0 Å². The Morgan fingerprint density at radius 3 is 3.00 bits per heavy atom. The number of piperidine rings is 2. The molecule has 3 rings (SSSR count). The Morgan fingerprint density at radius 2 is 2.28 bits per heavy atom. The smallest absolute Gasteiger partial charge is 0.276 e. The molecular formula is C12H19N5O. The summed E-state index contributed by atoms with van der Waals surface area (Å²) in [5.41, 5.74) is 0.714. The third-order valence-electron chi connectivity index (χ3n) is 4.14. The van der Waals surface area contributed by atoms with Gasteiger partial charge in [0, 0.05) is 25.0 Å². The van der Waals surface area contributed by atoms with E-state index in [1.54, 1.807) is 0 Å². The van der Waals surface area contributed by atoms with E-state index in [4.69, 9.17) is 0 Å². The van der Waals surface area contributed by atoms with Crippen LogP contribution < -0.4 is 5.32 Å². The molecule has 2 saturated heterocycles. The average Bonchev–Trinajstić information content (AvgIpc) is 2.93. The lowest BCUT2D eigenvalue weighted by molar-refractivity contribution is 0.0429. The standard InChI is InChI=1S/C12H19N5O/c18-11(10-7-14-16-15-10)17-6-2-4-12(9-17)3-1-5-13-8-12/h7,13H,1-6,8-9H2,(H,14,15,16). The highest BCUT2D eigenvalue weighted by molar-refractivity contribution is 5.92. The summed E-state index contributed by atoms with van der Waals surface area (Å²) >= 11 is 0. The van der Waals surface area contributed by atoms with Crippen LogP contribution in [-0.4, -0.2) is 52.4 Å². The number of likely N-dealkylation sites (tertiary alicyclic amines) is 1. The maximum atomic E-state index is 12.3. The van der Waals surface area contributed by atoms with Gasteiger partial charge >= 0.3 is 0 Å². The average molecular weight is 249 g/mol. The van der Waals surface area contributed by atoms with E-state index in [9.17, 15) is 4.79 Å². The third kappa shape index (κ3) is 2.12. The summed E-state index contributed by atoms with van der Waals surface area (Å²) in [4.78, 5) is 14.2. The summed E-state index contributed by atoms with van der Waals surface area (Å²) < 4.78 is 0. The molecule has 6 heteroatoms. The van der Waals surface area contributed by atoms with Crippen LogP contribution in [-0.2, 0) is 0 Å². The van der Waals surface area contributed by atoms with Crippen LogP contribution in [0, 0.1) is 5.41 Å². The Morgan fingerprint density at radius 1 is 1.39 bits per heavy atom. The summed E-state index contributed by atoms with van der Waals surface area (Å²) in [6.07, 6.45) is 6.26. The Hall–Kier alpha value is -1.43. The number of H-pyrrole nitrogens is 1.